The van der Waals surface area contributed by atoms with Crippen LogP contribution in [-0.4, -0.2) is 40.5 Å². The number of carbonyl (C=O) groups is 1. The molecule has 0 radical (unpaired) electrons. The molecule has 206 valence electrons. The molecule has 0 fully saturated rings. The highest BCUT2D eigenvalue weighted by Crippen LogP contribution is 2.37. The van der Waals surface area contributed by atoms with E-state index in [-0.39, 0.29) is 23.4 Å². The third kappa shape index (κ3) is 8.06. The van der Waals surface area contributed by atoms with E-state index in [9.17, 15) is 14.3 Å². The molecule has 1 aromatic carbocycles. The van der Waals surface area contributed by atoms with E-state index in [2.05, 4.69) is 38.8 Å². The summed E-state index contributed by atoms with van der Waals surface area (Å²) in [4.78, 5) is 21.9. The zero-order valence-corrected chi connectivity index (χ0v) is 24.4. The quantitative estimate of drug-likeness (QED) is 0.229. The second-order valence-electron chi connectivity index (χ2n) is 11.0. The number of aromatic nitrogens is 3. The third-order valence-corrected chi connectivity index (χ3v) is 11.5. The minimum atomic E-state index is -1.99. The van der Waals surface area contributed by atoms with Crippen LogP contribution in [0, 0.1) is 5.82 Å². The lowest BCUT2D eigenvalue weighted by molar-refractivity contribution is 0.0525. The summed E-state index contributed by atoms with van der Waals surface area (Å²) in [5.74, 6) is 0.191. The number of nitrogens with zero attached hydrogens (tertiary/aromatic N) is 3. The van der Waals surface area contributed by atoms with Crippen LogP contribution >= 0.6 is 0 Å². The number of ether oxygens (including phenoxy) is 1. The van der Waals surface area contributed by atoms with Gasteiger partial charge in [0.05, 0.1) is 36.8 Å². The van der Waals surface area contributed by atoms with Crippen LogP contribution in [0.25, 0.3) is 0 Å². The molecule has 3 aromatic rings. The summed E-state index contributed by atoms with van der Waals surface area (Å²) >= 11 is 0. The van der Waals surface area contributed by atoms with Crippen LogP contribution < -0.4 is 0 Å². The van der Waals surface area contributed by atoms with Crippen molar-refractivity contribution in [1.82, 2.24) is 14.5 Å². The molecule has 38 heavy (non-hydrogen) atoms. The molecule has 0 amide bonds. The lowest BCUT2D eigenvalue weighted by atomic mass is 10.1. The van der Waals surface area contributed by atoms with Crippen LogP contribution in [0.4, 0.5) is 4.39 Å². The van der Waals surface area contributed by atoms with Gasteiger partial charge < -0.3 is 18.8 Å². The van der Waals surface area contributed by atoms with Gasteiger partial charge in [0, 0.05) is 24.9 Å². The summed E-state index contributed by atoms with van der Waals surface area (Å²) in [5, 5.41) is 9.68. The van der Waals surface area contributed by atoms with Gasteiger partial charge in [0.2, 0.25) is 0 Å². The van der Waals surface area contributed by atoms with E-state index >= 15 is 0 Å². The molecule has 7 nitrogen and oxygen atoms in total. The molecule has 9 heteroatoms. The number of imidazole rings is 1. The maximum atomic E-state index is 13.3. The van der Waals surface area contributed by atoms with Gasteiger partial charge >= 0.3 is 5.97 Å². The first kappa shape index (κ1) is 29.7. The van der Waals surface area contributed by atoms with Gasteiger partial charge in [0.25, 0.3) is 0 Å². The maximum absolute atomic E-state index is 13.3. The Kier molecular flexibility index (Phi) is 9.98. The largest absolute Gasteiger partial charge is 0.462 e. The summed E-state index contributed by atoms with van der Waals surface area (Å²) in [7, 11) is -1.99. The Bertz CT molecular complexity index is 1220. The molecule has 2 heterocycles. The third-order valence-electron chi connectivity index (χ3n) is 7.00. The topological polar surface area (TPSA) is 86.5 Å². The minimum absolute atomic E-state index is 0.0673. The first-order chi connectivity index (χ1) is 17.9. The maximum Gasteiger partial charge on any atom is 0.338 e. The number of hydrogen-bond donors (Lipinski definition) is 1. The van der Waals surface area contributed by atoms with Crippen molar-refractivity contribution in [2.45, 2.75) is 84.8 Å². The number of pyridine rings is 1. The van der Waals surface area contributed by atoms with Gasteiger partial charge in [-0.2, -0.15) is 0 Å². The molecule has 0 unspecified atom stereocenters. The van der Waals surface area contributed by atoms with Crippen LogP contribution in [0.5, 0.6) is 0 Å². The highest BCUT2D eigenvalue weighted by molar-refractivity contribution is 6.74. The fraction of sp³-hybridized carbons (Fsp3) is 0.483. The number of benzene rings is 1. The van der Waals surface area contributed by atoms with Gasteiger partial charge in [-0.25, -0.2) is 14.2 Å². The van der Waals surface area contributed by atoms with Gasteiger partial charge in [0.15, 0.2) is 8.32 Å². The Morgan fingerprint density at radius 2 is 1.74 bits per heavy atom. The summed E-state index contributed by atoms with van der Waals surface area (Å²) in [6, 6.07) is 9.92. The predicted molar refractivity (Wildman–Crippen MR) is 148 cm³/mol. The molecule has 0 bridgehead atoms. The number of carbonyl (C=O) groups excluding carboxylic acids is 1. The zero-order chi connectivity index (χ0) is 27.9. The van der Waals surface area contributed by atoms with Crippen molar-refractivity contribution in [2.75, 3.05) is 6.61 Å². The van der Waals surface area contributed by atoms with Crippen LogP contribution in [0.3, 0.4) is 0 Å². The lowest BCUT2D eigenvalue weighted by Crippen LogP contribution is -2.40. The van der Waals surface area contributed by atoms with Gasteiger partial charge in [-0.3, -0.25) is 4.98 Å². The number of aryl methyl sites for hydroxylation is 2. The molecule has 0 aliphatic carbocycles. The van der Waals surface area contributed by atoms with Crippen molar-refractivity contribution < 1.29 is 23.5 Å². The van der Waals surface area contributed by atoms with Crippen molar-refractivity contribution in [1.29, 1.82) is 0 Å². The molecule has 0 aliphatic rings. The number of esters is 1. The van der Waals surface area contributed by atoms with E-state index in [1.54, 1.807) is 31.2 Å². The molecule has 0 spiro atoms. The number of aliphatic hydroxyl groups is 1. The second kappa shape index (κ2) is 12.8. The predicted octanol–water partition coefficient (Wildman–Crippen LogP) is 5.83. The number of halogens is 1. The van der Waals surface area contributed by atoms with Crippen molar-refractivity contribution >= 4 is 14.3 Å². The smallest absolute Gasteiger partial charge is 0.338 e. The van der Waals surface area contributed by atoms with E-state index in [0.29, 0.717) is 43.9 Å². The molecular formula is C29H40FN3O4Si. The van der Waals surface area contributed by atoms with E-state index in [1.807, 2.05) is 10.8 Å². The van der Waals surface area contributed by atoms with E-state index in [1.165, 1.54) is 12.1 Å². The Hall–Kier alpha value is -2.88. The molecular weight excluding hydrogens is 501 g/mol. The zero-order valence-electron chi connectivity index (χ0n) is 23.4. The van der Waals surface area contributed by atoms with Crippen molar-refractivity contribution in [3.63, 3.8) is 0 Å². The summed E-state index contributed by atoms with van der Waals surface area (Å²) in [5.41, 5.74) is 3.53. The SMILES string of the molecule is CCOC(=O)c1cc(CCCc2nc(CO)cn2Cc2ccc(F)cc2)nc(CO[Si](C)(C)C(C)(C)C)c1. The molecule has 0 atom stereocenters. The standard InChI is InChI=1S/C29H40FN3O4Si/c1-7-36-28(35)22-15-24(31-25(16-22)20-37-38(5,6)29(2,3)4)9-8-10-27-32-26(19-34)18-33(27)17-21-11-13-23(30)14-12-21/h11-16,18,34H,7-10,17,19-20H2,1-6H3. The highest BCUT2D eigenvalue weighted by Gasteiger charge is 2.37. The average Bonchev–Trinajstić information content (AvgIpc) is 3.25. The normalized spacial score (nSPS) is 12.1. The first-order valence-electron chi connectivity index (χ1n) is 13.1. The average molecular weight is 542 g/mol. The van der Waals surface area contributed by atoms with Crippen molar-refractivity contribution in [2.24, 2.45) is 0 Å². The van der Waals surface area contributed by atoms with Crippen LogP contribution in [0.2, 0.25) is 18.1 Å². The van der Waals surface area contributed by atoms with Crippen molar-refractivity contribution in [3.8, 4) is 0 Å². The van der Waals surface area contributed by atoms with Gasteiger partial charge in [0.1, 0.15) is 11.6 Å². The molecule has 1 N–H and O–H groups in total. The summed E-state index contributed by atoms with van der Waals surface area (Å²) < 4.78 is 26.9. The van der Waals surface area contributed by atoms with Gasteiger partial charge in [-0.05, 0) is 67.7 Å². The van der Waals surface area contributed by atoms with Gasteiger partial charge in [-0.15, -0.1) is 0 Å². The molecule has 0 aliphatic heterocycles. The fourth-order valence-corrected chi connectivity index (χ4v) is 4.74. The molecule has 2 aromatic heterocycles. The number of rotatable bonds is 12. The first-order valence-corrected chi connectivity index (χ1v) is 16.0. The Labute approximate surface area is 226 Å². The Morgan fingerprint density at radius 3 is 2.37 bits per heavy atom. The van der Waals surface area contributed by atoms with E-state index in [4.69, 9.17) is 14.1 Å². The molecule has 0 saturated heterocycles. The van der Waals surface area contributed by atoms with Gasteiger partial charge in [-0.1, -0.05) is 32.9 Å². The second-order valence-corrected chi connectivity index (χ2v) is 15.8. The minimum Gasteiger partial charge on any atom is -0.462 e. The number of aliphatic hydroxyl groups excluding tert-OH is 1. The fourth-order valence-electron chi connectivity index (χ4n) is 3.79. The summed E-state index contributed by atoms with van der Waals surface area (Å²) in [6.45, 7) is 13.8. The highest BCUT2D eigenvalue weighted by atomic mass is 28.4. The van der Waals surface area contributed by atoms with Crippen LogP contribution in [0.15, 0.2) is 42.6 Å². The number of hydrogen-bond acceptors (Lipinski definition) is 6. The Balaban J connectivity index is 1.74. The molecule has 0 saturated carbocycles. The molecule has 3 rings (SSSR count). The van der Waals surface area contributed by atoms with Crippen LogP contribution in [-0.2, 0) is 41.8 Å². The Morgan fingerprint density at radius 1 is 1.05 bits per heavy atom. The summed E-state index contributed by atoms with van der Waals surface area (Å²) in [6.07, 6.45) is 3.86. The van der Waals surface area contributed by atoms with E-state index < -0.39 is 8.32 Å². The monoisotopic (exact) mass is 541 g/mol. The van der Waals surface area contributed by atoms with E-state index in [0.717, 1.165) is 29.2 Å². The lowest BCUT2D eigenvalue weighted by Gasteiger charge is -2.36. The van der Waals surface area contributed by atoms with Crippen molar-refractivity contribution in [3.05, 3.63) is 82.4 Å². The van der Waals surface area contributed by atoms with Crippen LogP contribution in [0.1, 0.15) is 72.9 Å².